The van der Waals surface area contributed by atoms with Crippen molar-refractivity contribution in [2.75, 3.05) is 13.1 Å². The molecule has 0 radical (unpaired) electrons. The molecule has 0 atom stereocenters. The first kappa shape index (κ1) is 10.5. The van der Waals surface area contributed by atoms with Crippen LogP contribution in [0.15, 0.2) is 0 Å². The highest BCUT2D eigenvalue weighted by Gasteiger charge is 2.24. The molecule has 1 amide bonds. The van der Waals surface area contributed by atoms with Crippen molar-refractivity contribution in [2.24, 2.45) is 0 Å². The standard InChI is InChI=1S/C9H13N3O2S/c1-6-10-8(15-11-6)9(14)12-4-2-7(13)3-5-12/h7,13H,2-5H2,1H3. The number of aliphatic hydroxyl groups is 1. The van der Waals surface area contributed by atoms with Crippen LogP contribution in [0.2, 0.25) is 0 Å². The Bertz CT molecular complexity index is 358. The topological polar surface area (TPSA) is 66.3 Å². The Balaban J connectivity index is 2.02. The number of carbonyl (C=O) groups excluding carboxylic acids is 1. The molecule has 0 aromatic carbocycles. The number of piperidine rings is 1. The molecule has 2 heterocycles. The van der Waals surface area contributed by atoms with Gasteiger partial charge in [-0.1, -0.05) is 0 Å². The Morgan fingerprint density at radius 3 is 2.73 bits per heavy atom. The van der Waals surface area contributed by atoms with Crippen LogP contribution in [0.1, 0.15) is 28.5 Å². The fourth-order valence-electron chi connectivity index (χ4n) is 1.59. The number of amides is 1. The predicted molar refractivity (Wildman–Crippen MR) is 55.8 cm³/mol. The second kappa shape index (κ2) is 4.24. The summed E-state index contributed by atoms with van der Waals surface area (Å²) < 4.78 is 3.98. The summed E-state index contributed by atoms with van der Waals surface area (Å²) in [5.74, 6) is 0.577. The number of hydrogen-bond donors (Lipinski definition) is 1. The van der Waals surface area contributed by atoms with Gasteiger partial charge in [-0.25, -0.2) is 4.98 Å². The summed E-state index contributed by atoms with van der Waals surface area (Å²) in [6.07, 6.45) is 1.05. The zero-order valence-electron chi connectivity index (χ0n) is 8.51. The molecule has 0 spiro atoms. The van der Waals surface area contributed by atoms with Gasteiger partial charge < -0.3 is 10.0 Å². The number of nitrogens with zero attached hydrogens (tertiary/aromatic N) is 3. The molecule has 0 bridgehead atoms. The lowest BCUT2D eigenvalue weighted by Gasteiger charge is -2.28. The number of aryl methyl sites for hydroxylation is 1. The molecule has 15 heavy (non-hydrogen) atoms. The van der Waals surface area contributed by atoms with Crippen LogP contribution in [0.25, 0.3) is 0 Å². The van der Waals surface area contributed by atoms with Crippen molar-refractivity contribution < 1.29 is 9.90 Å². The van der Waals surface area contributed by atoms with Gasteiger partial charge in [0.15, 0.2) is 0 Å². The smallest absolute Gasteiger partial charge is 0.284 e. The Kier molecular flexibility index (Phi) is 2.97. The molecule has 1 saturated heterocycles. The number of aromatic nitrogens is 2. The molecule has 5 nitrogen and oxygen atoms in total. The normalized spacial score (nSPS) is 18.1. The van der Waals surface area contributed by atoms with Crippen LogP contribution in [0.5, 0.6) is 0 Å². The molecule has 0 unspecified atom stereocenters. The highest BCUT2D eigenvalue weighted by Crippen LogP contribution is 2.14. The van der Waals surface area contributed by atoms with E-state index in [2.05, 4.69) is 9.36 Å². The monoisotopic (exact) mass is 227 g/mol. The van der Waals surface area contributed by atoms with Crippen molar-refractivity contribution in [1.29, 1.82) is 0 Å². The molecule has 2 rings (SSSR count). The fraction of sp³-hybridized carbons (Fsp3) is 0.667. The Morgan fingerprint density at radius 2 is 2.20 bits per heavy atom. The average molecular weight is 227 g/mol. The van der Waals surface area contributed by atoms with E-state index in [4.69, 9.17) is 0 Å². The largest absolute Gasteiger partial charge is 0.393 e. The van der Waals surface area contributed by atoms with E-state index in [0.29, 0.717) is 36.8 Å². The molecular formula is C9H13N3O2S. The lowest BCUT2D eigenvalue weighted by atomic mass is 10.1. The van der Waals surface area contributed by atoms with Gasteiger partial charge in [-0.05, 0) is 31.3 Å². The second-order valence-corrected chi connectivity index (χ2v) is 4.42. The minimum Gasteiger partial charge on any atom is -0.393 e. The molecule has 1 aromatic heterocycles. The van der Waals surface area contributed by atoms with Gasteiger partial charge in [0.2, 0.25) is 5.01 Å². The lowest BCUT2D eigenvalue weighted by Crippen LogP contribution is -2.40. The van der Waals surface area contributed by atoms with Gasteiger partial charge in [0.05, 0.1) is 6.10 Å². The van der Waals surface area contributed by atoms with E-state index in [1.807, 2.05) is 0 Å². The van der Waals surface area contributed by atoms with E-state index in [1.165, 1.54) is 0 Å². The zero-order chi connectivity index (χ0) is 10.8. The molecule has 82 valence electrons. The van der Waals surface area contributed by atoms with Crippen molar-refractivity contribution in [3.8, 4) is 0 Å². The third kappa shape index (κ3) is 2.32. The average Bonchev–Trinajstić information content (AvgIpc) is 2.65. The molecule has 0 aliphatic carbocycles. The fourth-order valence-corrected chi connectivity index (χ4v) is 2.23. The SMILES string of the molecule is Cc1nsc(C(=O)N2CCC(O)CC2)n1. The van der Waals surface area contributed by atoms with Gasteiger partial charge in [0.1, 0.15) is 5.82 Å². The lowest BCUT2D eigenvalue weighted by molar-refractivity contribution is 0.0546. The number of hydrogen-bond acceptors (Lipinski definition) is 5. The first-order valence-corrected chi connectivity index (χ1v) is 5.72. The predicted octanol–water partition coefficient (Wildman–Crippen LogP) is 0.443. The van der Waals surface area contributed by atoms with E-state index < -0.39 is 0 Å². The van der Waals surface area contributed by atoms with Gasteiger partial charge in [0.25, 0.3) is 5.91 Å². The van der Waals surface area contributed by atoms with Crippen molar-refractivity contribution in [1.82, 2.24) is 14.3 Å². The molecule has 1 aliphatic heterocycles. The molecular weight excluding hydrogens is 214 g/mol. The van der Waals surface area contributed by atoms with E-state index in [9.17, 15) is 9.90 Å². The Hall–Kier alpha value is -1.01. The quantitative estimate of drug-likeness (QED) is 0.756. The summed E-state index contributed by atoms with van der Waals surface area (Å²) >= 11 is 1.14. The minimum absolute atomic E-state index is 0.0625. The van der Waals surface area contributed by atoms with E-state index in [0.717, 1.165) is 11.5 Å². The van der Waals surface area contributed by atoms with Crippen LogP contribution in [-0.2, 0) is 0 Å². The summed E-state index contributed by atoms with van der Waals surface area (Å²) in [6.45, 7) is 2.99. The molecule has 1 N–H and O–H groups in total. The Labute approximate surface area is 91.9 Å². The molecule has 1 aromatic rings. The molecule has 1 aliphatic rings. The van der Waals surface area contributed by atoms with Gasteiger partial charge in [-0.2, -0.15) is 4.37 Å². The highest BCUT2D eigenvalue weighted by molar-refractivity contribution is 7.07. The van der Waals surface area contributed by atoms with Crippen LogP contribution < -0.4 is 0 Å². The zero-order valence-corrected chi connectivity index (χ0v) is 9.33. The van der Waals surface area contributed by atoms with E-state index in [-0.39, 0.29) is 12.0 Å². The maximum Gasteiger partial charge on any atom is 0.284 e. The van der Waals surface area contributed by atoms with Gasteiger partial charge in [0, 0.05) is 13.1 Å². The van der Waals surface area contributed by atoms with Crippen LogP contribution in [0.4, 0.5) is 0 Å². The first-order valence-electron chi connectivity index (χ1n) is 4.94. The van der Waals surface area contributed by atoms with Crippen molar-refractivity contribution in [2.45, 2.75) is 25.9 Å². The summed E-state index contributed by atoms with van der Waals surface area (Å²) in [5.41, 5.74) is 0. The molecule has 6 heteroatoms. The van der Waals surface area contributed by atoms with E-state index in [1.54, 1.807) is 11.8 Å². The minimum atomic E-state index is -0.259. The maximum atomic E-state index is 11.9. The van der Waals surface area contributed by atoms with Crippen molar-refractivity contribution in [3.63, 3.8) is 0 Å². The first-order chi connectivity index (χ1) is 7.16. The molecule has 1 fully saturated rings. The van der Waals surface area contributed by atoms with Crippen LogP contribution in [0, 0.1) is 6.92 Å². The van der Waals surface area contributed by atoms with Gasteiger partial charge in [-0.15, -0.1) is 0 Å². The number of likely N-dealkylation sites (tertiary alicyclic amines) is 1. The third-order valence-electron chi connectivity index (χ3n) is 2.46. The summed E-state index contributed by atoms with van der Waals surface area (Å²) in [6, 6.07) is 0. The van der Waals surface area contributed by atoms with Gasteiger partial charge >= 0.3 is 0 Å². The molecule has 0 saturated carbocycles. The number of aliphatic hydroxyl groups excluding tert-OH is 1. The van der Waals surface area contributed by atoms with Crippen LogP contribution in [-0.4, -0.2) is 44.5 Å². The Morgan fingerprint density at radius 1 is 1.53 bits per heavy atom. The van der Waals surface area contributed by atoms with Gasteiger partial charge in [-0.3, -0.25) is 4.79 Å². The van der Waals surface area contributed by atoms with E-state index >= 15 is 0 Å². The summed E-state index contributed by atoms with van der Waals surface area (Å²) in [7, 11) is 0. The number of carbonyl (C=O) groups is 1. The van der Waals surface area contributed by atoms with Crippen LogP contribution >= 0.6 is 11.5 Å². The van der Waals surface area contributed by atoms with Crippen molar-refractivity contribution >= 4 is 17.4 Å². The second-order valence-electron chi connectivity index (χ2n) is 3.67. The number of rotatable bonds is 1. The van der Waals surface area contributed by atoms with Crippen LogP contribution in [0.3, 0.4) is 0 Å². The maximum absolute atomic E-state index is 11.9. The summed E-state index contributed by atoms with van der Waals surface area (Å²) in [4.78, 5) is 17.7. The highest BCUT2D eigenvalue weighted by atomic mass is 32.1. The third-order valence-corrected chi connectivity index (χ3v) is 3.26. The van der Waals surface area contributed by atoms with Crippen molar-refractivity contribution in [3.05, 3.63) is 10.8 Å². The summed E-state index contributed by atoms with van der Waals surface area (Å²) in [5, 5.41) is 9.77.